The first-order valence-corrected chi connectivity index (χ1v) is 9.79. The summed E-state index contributed by atoms with van der Waals surface area (Å²) in [5.41, 5.74) is 1.07. The number of hydrogen-bond donors (Lipinski definition) is 1. The van der Waals surface area contributed by atoms with Crippen molar-refractivity contribution in [2.45, 2.75) is 32.2 Å². The molecule has 0 aromatic heterocycles. The molecule has 1 saturated heterocycles. The Kier molecular flexibility index (Phi) is 6.37. The van der Waals surface area contributed by atoms with Gasteiger partial charge in [-0.25, -0.2) is 0 Å². The van der Waals surface area contributed by atoms with Crippen LogP contribution in [0.2, 0.25) is 0 Å². The number of nitrogens with zero attached hydrogens (tertiary/aromatic N) is 2. The molecule has 1 aliphatic rings. The van der Waals surface area contributed by atoms with E-state index in [0.717, 1.165) is 18.4 Å². The standard InChI is InChI=1S/C17H27N3O3S/c1-4-16(14-9-6-5-7-10-14)18-17(21)15-11-8-12-20(13-15)24(22,23)19(2)3/h5-7,9-10,15-16H,4,8,11-13H2,1-3H3,(H,18,21)/t15-,16-/m0/s1. The number of benzene rings is 1. The molecule has 0 unspecified atom stereocenters. The van der Waals surface area contributed by atoms with Crippen molar-refractivity contribution in [1.82, 2.24) is 13.9 Å². The Morgan fingerprint density at radius 1 is 1.33 bits per heavy atom. The van der Waals surface area contributed by atoms with Crippen molar-refractivity contribution >= 4 is 16.1 Å². The Morgan fingerprint density at radius 3 is 2.58 bits per heavy atom. The van der Waals surface area contributed by atoms with E-state index in [-0.39, 0.29) is 24.4 Å². The first-order chi connectivity index (χ1) is 11.4. The number of hydrogen-bond acceptors (Lipinski definition) is 3. The third kappa shape index (κ3) is 4.34. The van der Waals surface area contributed by atoms with Crippen LogP contribution in [0.3, 0.4) is 0 Å². The van der Waals surface area contributed by atoms with Crippen LogP contribution in [0.25, 0.3) is 0 Å². The fourth-order valence-electron chi connectivity index (χ4n) is 2.99. The second kappa shape index (κ2) is 8.09. The van der Waals surface area contributed by atoms with Gasteiger partial charge >= 0.3 is 0 Å². The van der Waals surface area contributed by atoms with Crippen molar-refractivity contribution in [1.29, 1.82) is 0 Å². The maximum absolute atomic E-state index is 12.6. The summed E-state index contributed by atoms with van der Waals surface area (Å²) in [5.74, 6) is -0.365. The first kappa shape index (κ1) is 18.9. The summed E-state index contributed by atoms with van der Waals surface area (Å²) in [6, 6.07) is 9.81. The number of amides is 1. The Balaban J connectivity index is 2.04. The predicted octanol–water partition coefficient (Wildman–Crippen LogP) is 1.77. The second-order valence-corrected chi connectivity index (χ2v) is 8.51. The van der Waals surface area contributed by atoms with Crippen molar-refractivity contribution in [2.75, 3.05) is 27.2 Å². The van der Waals surface area contributed by atoms with Gasteiger partial charge in [-0.3, -0.25) is 4.79 Å². The molecule has 0 bridgehead atoms. The van der Waals surface area contributed by atoms with Crippen molar-refractivity contribution in [3.05, 3.63) is 35.9 Å². The molecule has 6 nitrogen and oxygen atoms in total. The lowest BCUT2D eigenvalue weighted by molar-refractivity contribution is -0.126. The van der Waals surface area contributed by atoms with Crippen LogP contribution in [-0.2, 0) is 15.0 Å². The number of nitrogens with one attached hydrogen (secondary N) is 1. The molecule has 7 heteroatoms. The fraction of sp³-hybridized carbons (Fsp3) is 0.588. The Morgan fingerprint density at radius 2 is 2.00 bits per heavy atom. The molecule has 24 heavy (non-hydrogen) atoms. The average Bonchev–Trinajstić information content (AvgIpc) is 2.60. The van der Waals surface area contributed by atoms with Gasteiger partial charge < -0.3 is 5.32 Å². The average molecular weight is 353 g/mol. The Bertz CT molecular complexity index is 646. The first-order valence-electron chi connectivity index (χ1n) is 8.39. The zero-order chi connectivity index (χ0) is 17.7. The molecule has 1 fully saturated rings. The highest BCUT2D eigenvalue weighted by molar-refractivity contribution is 7.86. The van der Waals surface area contributed by atoms with Crippen molar-refractivity contribution < 1.29 is 13.2 Å². The van der Waals surface area contributed by atoms with E-state index >= 15 is 0 Å². The molecule has 2 rings (SSSR count). The lowest BCUT2D eigenvalue weighted by atomic mass is 9.97. The van der Waals surface area contributed by atoms with Crippen LogP contribution in [0.5, 0.6) is 0 Å². The van der Waals surface area contributed by atoms with Crippen LogP contribution in [0.15, 0.2) is 30.3 Å². The van der Waals surface area contributed by atoms with Gasteiger partial charge in [-0.05, 0) is 24.8 Å². The largest absolute Gasteiger partial charge is 0.349 e. The highest BCUT2D eigenvalue weighted by atomic mass is 32.2. The van der Waals surface area contributed by atoms with E-state index < -0.39 is 10.2 Å². The number of carbonyl (C=O) groups excluding carboxylic acids is 1. The van der Waals surface area contributed by atoms with Gasteiger partial charge in [0.25, 0.3) is 10.2 Å². The van der Waals surface area contributed by atoms with Crippen LogP contribution in [0.4, 0.5) is 0 Å². The molecule has 1 aliphatic heterocycles. The molecule has 0 spiro atoms. The molecule has 134 valence electrons. The van der Waals surface area contributed by atoms with Crippen molar-refractivity contribution in [3.63, 3.8) is 0 Å². The third-order valence-electron chi connectivity index (χ3n) is 4.47. The van der Waals surface area contributed by atoms with Crippen LogP contribution in [0, 0.1) is 5.92 Å². The van der Waals surface area contributed by atoms with E-state index in [9.17, 15) is 13.2 Å². The van der Waals surface area contributed by atoms with Gasteiger partial charge in [0.2, 0.25) is 5.91 Å². The van der Waals surface area contributed by atoms with Gasteiger partial charge in [0.05, 0.1) is 12.0 Å². The maximum atomic E-state index is 12.6. The fourth-order valence-corrected chi connectivity index (χ4v) is 4.18. The highest BCUT2D eigenvalue weighted by Gasteiger charge is 2.34. The monoisotopic (exact) mass is 353 g/mol. The summed E-state index contributed by atoms with van der Waals surface area (Å²) < 4.78 is 27.2. The second-order valence-electron chi connectivity index (χ2n) is 6.37. The van der Waals surface area contributed by atoms with Gasteiger partial charge in [0.15, 0.2) is 0 Å². The molecular formula is C17H27N3O3S. The highest BCUT2D eigenvalue weighted by Crippen LogP contribution is 2.22. The minimum Gasteiger partial charge on any atom is -0.349 e. The number of rotatable bonds is 6. The molecule has 1 amide bonds. The van der Waals surface area contributed by atoms with Gasteiger partial charge in [-0.15, -0.1) is 0 Å². The van der Waals surface area contributed by atoms with E-state index in [4.69, 9.17) is 0 Å². The summed E-state index contributed by atoms with van der Waals surface area (Å²) >= 11 is 0. The van der Waals surface area contributed by atoms with E-state index in [1.165, 1.54) is 22.7 Å². The van der Waals surface area contributed by atoms with Crippen LogP contribution < -0.4 is 5.32 Å². The van der Waals surface area contributed by atoms with E-state index in [0.29, 0.717) is 13.0 Å². The summed E-state index contributed by atoms with van der Waals surface area (Å²) in [5, 5.41) is 3.08. The van der Waals surface area contributed by atoms with Crippen molar-refractivity contribution in [2.24, 2.45) is 5.92 Å². The molecule has 1 aromatic rings. The summed E-state index contributed by atoms with van der Waals surface area (Å²) in [7, 11) is -0.435. The SMILES string of the molecule is CC[C@H](NC(=O)[C@H]1CCCN(S(=O)(=O)N(C)C)C1)c1ccccc1. The zero-order valence-electron chi connectivity index (χ0n) is 14.6. The van der Waals surface area contributed by atoms with Crippen LogP contribution >= 0.6 is 0 Å². The topological polar surface area (TPSA) is 69.7 Å². The number of carbonyl (C=O) groups is 1. The normalized spacial score (nSPS) is 20.8. The Hall–Kier alpha value is -1.44. The molecular weight excluding hydrogens is 326 g/mol. The predicted molar refractivity (Wildman–Crippen MR) is 94.5 cm³/mol. The van der Waals surface area contributed by atoms with E-state index in [1.54, 1.807) is 0 Å². The minimum absolute atomic E-state index is 0.0421. The molecule has 0 aliphatic carbocycles. The zero-order valence-corrected chi connectivity index (χ0v) is 15.4. The lowest BCUT2D eigenvalue weighted by Gasteiger charge is -2.33. The maximum Gasteiger partial charge on any atom is 0.281 e. The van der Waals surface area contributed by atoms with Crippen LogP contribution in [-0.4, -0.2) is 50.1 Å². The molecule has 1 heterocycles. The summed E-state index contributed by atoms with van der Waals surface area (Å²) in [6.07, 6.45) is 2.21. The summed E-state index contributed by atoms with van der Waals surface area (Å²) in [4.78, 5) is 12.6. The Labute approximate surface area is 145 Å². The molecule has 2 atom stereocenters. The number of piperidine rings is 1. The molecule has 1 N–H and O–H groups in total. The summed E-state index contributed by atoms with van der Waals surface area (Å²) in [6.45, 7) is 2.75. The van der Waals surface area contributed by atoms with Gasteiger partial charge in [-0.1, -0.05) is 37.3 Å². The molecule has 1 aromatic carbocycles. The van der Waals surface area contributed by atoms with Gasteiger partial charge in [0.1, 0.15) is 0 Å². The minimum atomic E-state index is -3.47. The van der Waals surface area contributed by atoms with Crippen molar-refractivity contribution in [3.8, 4) is 0 Å². The molecule has 0 saturated carbocycles. The lowest BCUT2D eigenvalue weighted by Crippen LogP contribution is -2.49. The van der Waals surface area contributed by atoms with E-state index in [1.807, 2.05) is 37.3 Å². The smallest absolute Gasteiger partial charge is 0.281 e. The quantitative estimate of drug-likeness (QED) is 0.847. The van der Waals surface area contributed by atoms with E-state index in [2.05, 4.69) is 5.32 Å². The van der Waals surface area contributed by atoms with Gasteiger partial charge in [0, 0.05) is 27.2 Å². The van der Waals surface area contributed by atoms with Gasteiger partial charge in [-0.2, -0.15) is 17.0 Å². The molecule has 0 radical (unpaired) electrons. The van der Waals surface area contributed by atoms with Crippen LogP contribution in [0.1, 0.15) is 37.8 Å². The third-order valence-corrected chi connectivity index (χ3v) is 6.38.